The van der Waals surface area contributed by atoms with Gasteiger partial charge in [-0.05, 0) is 12.8 Å². The monoisotopic (exact) mass is 220 g/mol. The van der Waals surface area contributed by atoms with Crippen molar-refractivity contribution in [3.8, 4) is 0 Å². The van der Waals surface area contributed by atoms with Gasteiger partial charge in [-0.15, -0.1) is 0 Å². The lowest BCUT2D eigenvalue weighted by molar-refractivity contribution is -0.259. The van der Waals surface area contributed by atoms with Gasteiger partial charge in [0, 0.05) is 18.3 Å². The molecule has 15 heavy (non-hydrogen) atoms. The van der Waals surface area contributed by atoms with Crippen molar-refractivity contribution in [3.05, 3.63) is 0 Å². The molecule has 2 fully saturated rings. The molecule has 0 atom stereocenters. The van der Waals surface area contributed by atoms with Crippen LogP contribution in [0.2, 0.25) is 0 Å². The van der Waals surface area contributed by atoms with Gasteiger partial charge in [0.15, 0.2) is 0 Å². The van der Waals surface area contributed by atoms with Gasteiger partial charge in [0.1, 0.15) is 0 Å². The number of aliphatic hydroxyl groups is 2. The van der Waals surface area contributed by atoms with Gasteiger partial charge < -0.3 is 10.2 Å². The van der Waals surface area contributed by atoms with Crippen molar-refractivity contribution in [1.29, 1.82) is 0 Å². The highest BCUT2D eigenvalue weighted by Gasteiger charge is 2.65. The van der Waals surface area contributed by atoms with Crippen LogP contribution in [0.15, 0.2) is 0 Å². The van der Waals surface area contributed by atoms with Crippen LogP contribution in [0.4, 0.5) is 8.78 Å². The molecule has 2 saturated carbocycles. The van der Waals surface area contributed by atoms with Crippen LogP contribution in [0.25, 0.3) is 0 Å². The highest BCUT2D eigenvalue weighted by Crippen LogP contribution is 2.60. The van der Waals surface area contributed by atoms with E-state index >= 15 is 0 Å². The largest absolute Gasteiger partial charge is 0.396 e. The predicted molar refractivity (Wildman–Crippen MR) is 51.7 cm³/mol. The molecule has 2 aliphatic rings. The number of alkyl halides is 2. The summed E-state index contributed by atoms with van der Waals surface area (Å²) in [5.41, 5.74) is -1.99. The third kappa shape index (κ3) is 1.68. The van der Waals surface area contributed by atoms with Crippen LogP contribution in [0.3, 0.4) is 0 Å². The molecule has 0 aromatic rings. The second-order valence-electron chi connectivity index (χ2n) is 5.24. The van der Waals surface area contributed by atoms with Gasteiger partial charge in [-0.1, -0.05) is 19.3 Å². The summed E-state index contributed by atoms with van der Waals surface area (Å²) >= 11 is 0. The Balaban J connectivity index is 2.13. The molecule has 0 saturated heterocycles. The first kappa shape index (κ1) is 11.3. The Bertz CT molecular complexity index is 239. The highest BCUT2D eigenvalue weighted by atomic mass is 19.3. The van der Waals surface area contributed by atoms with Crippen LogP contribution in [0.1, 0.15) is 44.9 Å². The zero-order valence-corrected chi connectivity index (χ0v) is 8.81. The maximum atomic E-state index is 12.9. The second kappa shape index (κ2) is 3.39. The zero-order chi connectivity index (χ0) is 11.2. The van der Waals surface area contributed by atoms with Gasteiger partial charge in [-0.2, -0.15) is 0 Å². The summed E-state index contributed by atoms with van der Waals surface area (Å²) in [6.45, 7) is -0.320. The average molecular weight is 220 g/mol. The molecule has 0 heterocycles. The number of hydrogen-bond acceptors (Lipinski definition) is 2. The molecule has 0 aliphatic heterocycles. The lowest BCUT2D eigenvalue weighted by Crippen LogP contribution is -2.62. The summed E-state index contributed by atoms with van der Waals surface area (Å²) < 4.78 is 25.8. The van der Waals surface area contributed by atoms with E-state index in [1.807, 2.05) is 0 Å². The molecule has 2 rings (SSSR count). The van der Waals surface area contributed by atoms with Gasteiger partial charge in [0.05, 0.1) is 12.2 Å². The van der Waals surface area contributed by atoms with Crippen molar-refractivity contribution in [2.45, 2.75) is 56.5 Å². The van der Waals surface area contributed by atoms with Crippen LogP contribution >= 0.6 is 0 Å². The van der Waals surface area contributed by atoms with Crippen molar-refractivity contribution in [3.63, 3.8) is 0 Å². The van der Waals surface area contributed by atoms with Crippen LogP contribution in [0, 0.1) is 5.41 Å². The van der Waals surface area contributed by atoms with Crippen molar-refractivity contribution in [2.24, 2.45) is 5.41 Å². The van der Waals surface area contributed by atoms with Gasteiger partial charge in [-0.3, -0.25) is 0 Å². The third-order valence-corrected chi connectivity index (χ3v) is 4.16. The number of aliphatic hydroxyl groups excluding tert-OH is 1. The first-order chi connectivity index (χ1) is 6.93. The molecule has 0 aromatic heterocycles. The lowest BCUT2D eigenvalue weighted by Gasteiger charge is -2.56. The molecule has 0 bridgehead atoms. The predicted octanol–water partition coefficient (Wildman–Crippen LogP) is 2.09. The quantitative estimate of drug-likeness (QED) is 0.748. The minimum atomic E-state index is -2.68. The van der Waals surface area contributed by atoms with Crippen molar-refractivity contribution in [1.82, 2.24) is 0 Å². The normalized spacial score (nSPS) is 32.0. The van der Waals surface area contributed by atoms with Crippen molar-refractivity contribution < 1.29 is 19.0 Å². The summed E-state index contributed by atoms with van der Waals surface area (Å²) in [5.74, 6) is -2.68. The number of rotatable bonds is 2. The van der Waals surface area contributed by atoms with E-state index in [4.69, 9.17) is 0 Å². The van der Waals surface area contributed by atoms with Gasteiger partial charge in [-0.25, -0.2) is 8.78 Å². The molecule has 0 aromatic carbocycles. The van der Waals surface area contributed by atoms with Gasteiger partial charge in [0.25, 0.3) is 0 Å². The van der Waals surface area contributed by atoms with Crippen molar-refractivity contribution >= 4 is 0 Å². The van der Waals surface area contributed by atoms with E-state index < -0.39 is 16.9 Å². The molecule has 0 unspecified atom stereocenters. The van der Waals surface area contributed by atoms with E-state index in [-0.39, 0.29) is 19.4 Å². The van der Waals surface area contributed by atoms with Crippen LogP contribution in [-0.2, 0) is 0 Å². The molecule has 0 radical (unpaired) electrons. The van der Waals surface area contributed by atoms with E-state index in [0.717, 1.165) is 19.3 Å². The average Bonchev–Trinajstić information content (AvgIpc) is 2.14. The first-order valence-electron chi connectivity index (χ1n) is 5.64. The first-order valence-corrected chi connectivity index (χ1v) is 5.64. The summed E-state index contributed by atoms with van der Waals surface area (Å²) in [6, 6.07) is 0. The molecule has 2 nitrogen and oxygen atoms in total. The van der Waals surface area contributed by atoms with Crippen molar-refractivity contribution in [2.75, 3.05) is 6.61 Å². The standard InChI is InChI=1S/C11H18F2O2/c12-11(13)6-9(7-11,8-14)10(15)4-2-1-3-5-10/h14-15H,1-8H2. The Morgan fingerprint density at radius 3 is 1.93 bits per heavy atom. The summed E-state index contributed by atoms with van der Waals surface area (Å²) in [6.07, 6.45) is 3.22. The summed E-state index contributed by atoms with van der Waals surface area (Å²) in [5, 5.41) is 19.7. The highest BCUT2D eigenvalue weighted by molar-refractivity contribution is 5.10. The topological polar surface area (TPSA) is 40.5 Å². The minimum absolute atomic E-state index is 0.320. The molecule has 2 aliphatic carbocycles. The molecule has 0 amide bonds. The fourth-order valence-corrected chi connectivity index (χ4v) is 3.19. The van der Waals surface area contributed by atoms with E-state index in [1.54, 1.807) is 0 Å². The van der Waals surface area contributed by atoms with E-state index in [1.165, 1.54) is 0 Å². The fraction of sp³-hybridized carbons (Fsp3) is 1.00. The summed E-state index contributed by atoms with van der Waals surface area (Å²) in [7, 11) is 0. The third-order valence-electron chi connectivity index (χ3n) is 4.16. The molecular formula is C11H18F2O2. The smallest absolute Gasteiger partial charge is 0.249 e. The van der Waals surface area contributed by atoms with Crippen LogP contribution in [0.5, 0.6) is 0 Å². The van der Waals surface area contributed by atoms with Crippen LogP contribution in [-0.4, -0.2) is 28.3 Å². The Hall–Kier alpha value is -0.220. The number of halogens is 2. The Morgan fingerprint density at radius 1 is 1.00 bits per heavy atom. The van der Waals surface area contributed by atoms with Gasteiger partial charge in [0.2, 0.25) is 5.92 Å². The van der Waals surface area contributed by atoms with Gasteiger partial charge >= 0.3 is 0 Å². The molecule has 4 heteroatoms. The molecule has 88 valence electrons. The van der Waals surface area contributed by atoms with E-state index in [2.05, 4.69) is 0 Å². The SMILES string of the molecule is OCC1(C2(O)CCCCC2)CC(F)(F)C1. The Kier molecular flexibility index (Phi) is 2.54. The Labute approximate surface area is 88.3 Å². The molecule has 0 spiro atoms. The molecular weight excluding hydrogens is 202 g/mol. The molecule has 2 N–H and O–H groups in total. The minimum Gasteiger partial charge on any atom is -0.396 e. The Morgan fingerprint density at radius 2 is 1.53 bits per heavy atom. The second-order valence-corrected chi connectivity index (χ2v) is 5.24. The maximum Gasteiger partial charge on any atom is 0.249 e. The fourth-order valence-electron chi connectivity index (χ4n) is 3.19. The summed E-state index contributed by atoms with van der Waals surface area (Å²) in [4.78, 5) is 0. The zero-order valence-electron chi connectivity index (χ0n) is 8.81. The lowest BCUT2D eigenvalue weighted by atomic mass is 9.53. The number of hydrogen-bond donors (Lipinski definition) is 2. The maximum absolute atomic E-state index is 12.9. The van der Waals surface area contributed by atoms with Crippen LogP contribution < -0.4 is 0 Å². The van der Waals surface area contributed by atoms with E-state index in [9.17, 15) is 19.0 Å². The van der Waals surface area contributed by atoms with E-state index in [0.29, 0.717) is 12.8 Å².